The highest BCUT2D eigenvalue weighted by molar-refractivity contribution is 7.71. The number of alkyl halides is 2. The number of halogens is 2. The molecule has 0 radical (unpaired) electrons. The standard InChI is InChI=1S/C21H23F2N5O2S/c1-26(12-14-5-8-17(30-20(22)23)18(10-14)29-2)13-27-21(31)28(16-6-7-16)19(25-27)15-4-3-9-24-11-15/h3-5,8-11,16,20H,6-7,12-13H2,1-2H3. The van der Waals surface area contributed by atoms with Crippen molar-refractivity contribution in [3.63, 3.8) is 0 Å². The van der Waals surface area contributed by atoms with Gasteiger partial charge in [-0.15, -0.1) is 0 Å². The lowest BCUT2D eigenvalue weighted by molar-refractivity contribution is -0.0512. The number of hydrogen-bond donors (Lipinski definition) is 0. The van der Waals surface area contributed by atoms with E-state index in [1.165, 1.54) is 13.2 Å². The fourth-order valence-electron chi connectivity index (χ4n) is 3.46. The Kier molecular flexibility index (Phi) is 6.28. The first-order valence-electron chi connectivity index (χ1n) is 9.86. The summed E-state index contributed by atoms with van der Waals surface area (Å²) < 4.78 is 39.3. The van der Waals surface area contributed by atoms with E-state index in [0.717, 1.165) is 29.8 Å². The Hall–Kier alpha value is -2.85. The van der Waals surface area contributed by atoms with E-state index in [0.29, 0.717) is 24.0 Å². The van der Waals surface area contributed by atoms with Gasteiger partial charge in [-0.1, -0.05) is 6.07 Å². The SMILES string of the molecule is COc1cc(CN(C)Cn2nc(-c3cccnc3)n(C3CC3)c2=S)ccc1OC(F)F. The first-order chi connectivity index (χ1) is 15.0. The third-order valence-corrected chi connectivity index (χ3v) is 5.38. The molecule has 0 atom stereocenters. The maximum absolute atomic E-state index is 12.5. The second-order valence-corrected chi connectivity index (χ2v) is 7.83. The summed E-state index contributed by atoms with van der Waals surface area (Å²) >= 11 is 5.72. The van der Waals surface area contributed by atoms with Crippen LogP contribution in [-0.2, 0) is 13.2 Å². The van der Waals surface area contributed by atoms with Gasteiger partial charge >= 0.3 is 6.61 Å². The van der Waals surface area contributed by atoms with Gasteiger partial charge in [0, 0.05) is 30.5 Å². The number of pyridine rings is 1. The van der Waals surface area contributed by atoms with E-state index in [4.69, 9.17) is 22.1 Å². The Balaban J connectivity index is 1.53. The number of hydrogen-bond acceptors (Lipinski definition) is 6. The van der Waals surface area contributed by atoms with Crippen LogP contribution < -0.4 is 9.47 Å². The van der Waals surface area contributed by atoms with Gasteiger partial charge in [-0.25, -0.2) is 4.68 Å². The van der Waals surface area contributed by atoms with E-state index < -0.39 is 6.61 Å². The fraction of sp³-hybridized carbons (Fsp3) is 0.381. The Morgan fingerprint density at radius 2 is 2.06 bits per heavy atom. The molecule has 0 aliphatic heterocycles. The largest absolute Gasteiger partial charge is 0.493 e. The first kappa shape index (κ1) is 21.4. The molecule has 1 saturated carbocycles. The quantitative estimate of drug-likeness (QED) is 0.450. The molecule has 1 aliphatic rings. The molecule has 2 heterocycles. The molecule has 0 spiro atoms. The van der Waals surface area contributed by atoms with Gasteiger partial charge in [-0.05, 0) is 61.9 Å². The van der Waals surface area contributed by atoms with Gasteiger partial charge in [-0.2, -0.15) is 13.9 Å². The van der Waals surface area contributed by atoms with E-state index in [1.54, 1.807) is 24.5 Å². The lowest BCUT2D eigenvalue weighted by Gasteiger charge is -2.18. The van der Waals surface area contributed by atoms with Crippen molar-refractivity contribution in [1.82, 2.24) is 24.2 Å². The van der Waals surface area contributed by atoms with Gasteiger partial charge in [-0.3, -0.25) is 14.5 Å². The van der Waals surface area contributed by atoms with Crippen LogP contribution in [0, 0.1) is 4.77 Å². The molecule has 3 aromatic rings. The first-order valence-corrected chi connectivity index (χ1v) is 10.3. The van der Waals surface area contributed by atoms with Gasteiger partial charge < -0.3 is 9.47 Å². The minimum Gasteiger partial charge on any atom is -0.493 e. The molecule has 0 bridgehead atoms. The highest BCUT2D eigenvalue weighted by atomic mass is 32.1. The number of nitrogens with zero attached hydrogens (tertiary/aromatic N) is 5. The van der Waals surface area contributed by atoms with Crippen molar-refractivity contribution in [3.8, 4) is 22.9 Å². The van der Waals surface area contributed by atoms with Crippen molar-refractivity contribution in [2.75, 3.05) is 14.2 Å². The summed E-state index contributed by atoms with van der Waals surface area (Å²) in [6.45, 7) is -1.88. The van der Waals surface area contributed by atoms with Crippen LogP contribution in [0.4, 0.5) is 8.78 Å². The molecule has 0 unspecified atom stereocenters. The van der Waals surface area contributed by atoms with Gasteiger partial charge in [0.05, 0.1) is 13.8 Å². The minimum absolute atomic E-state index is 0.00964. The fourth-order valence-corrected chi connectivity index (χ4v) is 3.79. The molecule has 2 aromatic heterocycles. The van der Waals surface area contributed by atoms with Crippen LogP contribution in [0.25, 0.3) is 11.4 Å². The molecule has 7 nitrogen and oxygen atoms in total. The third-order valence-electron chi connectivity index (χ3n) is 4.97. The number of rotatable bonds is 9. The summed E-state index contributed by atoms with van der Waals surface area (Å²) in [5.41, 5.74) is 1.82. The Labute approximate surface area is 183 Å². The second-order valence-electron chi connectivity index (χ2n) is 7.47. The van der Waals surface area contributed by atoms with Crippen LogP contribution in [-0.4, -0.2) is 45.0 Å². The summed E-state index contributed by atoms with van der Waals surface area (Å²) in [5, 5.41) is 4.77. The lowest BCUT2D eigenvalue weighted by atomic mass is 10.2. The zero-order valence-electron chi connectivity index (χ0n) is 17.2. The van der Waals surface area contributed by atoms with E-state index in [2.05, 4.69) is 14.3 Å². The topological polar surface area (TPSA) is 57.3 Å². The molecule has 0 amide bonds. The third kappa shape index (κ3) is 4.91. The average molecular weight is 448 g/mol. The van der Waals surface area contributed by atoms with E-state index in [1.807, 2.05) is 28.8 Å². The maximum Gasteiger partial charge on any atom is 0.387 e. The van der Waals surface area contributed by atoms with Gasteiger partial charge in [0.15, 0.2) is 22.1 Å². The predicted octanol–water partition coefficient (Wildman–Crippen LogP) is 4.51. The number of aromatic nitrogens is 4. The lowest BCUT2D eigenvalue weighted by Crippen LogP contribution is -2.22. The van der Waals surface area contributed by atoms with Crippen molar-refractivity contribution in [3.05, 3.63) is 53.1 Å². The monoisotopic (exact) mass is 447 g/mol. The summed E-state index contributed by atoms with van der Waals surface area (Å²) in [6, 6.07) is 9.16. The van der Waals surface area contributed by atoms with Crippen LogP contribution in [0.1, 0.15) is 24.4 Å². The van der Waals surface area contributed by atoms with Gasteiger partial charge in [0.25, 0.3) is 0 Å². The van der Waals surface area contributed by atoms with E-state index >= 15 is 0 Å². The van der Waals surface area contributed by atoms with Crippen molar-refractivity contribution in [1.29, 1.82) is 0 Å². The molecule has 0 N–H and O–H groups in total. The average Bonchev–Trinajstić information content (AvgIpc) is 3.54. The van der Waals surface area contributed by atoms with Crippen LogP contribution in [0.15, 0.2) is 42.7 Å². The molecule has 1 aliphatic carbocycles. The van der Waals surface area contributed by atoms with E-state index in [-0.39, 0.29) is 11.5 Å². The smallest absolute Gasteiger partial charge is 0.387 e. The van der Waals surface area contributed by atoms with Gasteiger partial charge in [0.1, 0.15) is 0 Å². The Morgan fingerprint density at radius 1 is 1.26 bits per heavy atom. The zero-order chi connectivity index (χ0) is 22.0. The summed E-state index contributed by atoms with van der Waals surface area (Å²) in [6.07, 6.45) is 5.71. The molecule has 1 fully saturated rings. The highest BCUT2D eigenvalue weighted by Crippen LogP contribution is 2.38. The van der Waals surface area contributed by atoms with Gasteiger partial charge in [0.2, 0.25) is 0 Å². The molecular formula is C21H23F2N5O2S. The molecule has 0 saturated heterocycles. The summed E-state index contributed by atoms with van der Waals surface area (Å²) in [5.74, 6) is 1.10. The number of ether oxygens (including phenoxy) is 2. The normalized spacial score (nSPS) is 13.7. The van der Waals surface area contributed by atoms with Crippen molar-refractivity contribution in [2.45, 2.75) is 38.7 Å². The zero-order valence-corrected chi connectivity index (χ0v) is 18.1. The summed E-state index contributed by atoms with van der Waals surface area (Å²) in [4.78, 5) is 6.24. The molecule has 4 rings (SSSR count). The van der Waals surface area contributed by atoms with E-state index in [9.17, 15) is 8.78 Å². The Morgan fingerprint density at radius 3 is 2.71 bits per heavy atom. The highest BCUT2D eigenvalue weighted by Gasteiger charge is 2.29. The summed E-state index contributed by atoms with van der Waals surface area (Å²) in [7, 11) is 3.36. The minimum atomic E-state index is -2.90. The molecular weight excluding hydrogens is 424 g/mol. The molecule has 164 valence electrons. The predicted molar refractivity (Wildman–Crippen MR) is 114 cm³/mol. The van der Waals surface area contributed by atoms with Crippen molar-refractivity contribution in [2.24, 2.45) is 0 Å². The second kappa shape index (κ2) is 9.11. The van der Waals surface area contributed by atoms with Crippen molar-refractivity contribution >= 4 is 12.2 Å². The van der Waals surface area contributed by atoms with Crippen LogP contribution >= 0.6 is 12.2 Å². The molecule has 31 heavy (non-hydrogen) atoms. The maximum atomic E-state index is 12.5. The van der Waals surface area contributed by atoms with Crippen molar-refractivity contribution < 1.29 is 18.3 Å². The van der Waals surface area contributed by atoms with Crippen LogP contribution in [0.3, 0.4) is 0 Å². The Bertz CT molecular complexity index is 1100. The van der Waals surface area contributed by atoms with Crippen LogP contribution in [0.2, 0.25) is 0 Å². The molecule has 10 heteroatoms. The molecule has 1 aromatic carbocycles. The van der Waals surface area contributed by atoms with Crippen LogP contribution in [0.5, 0.6) is 11.5 Å². The number of benzene rings is 1. The number of methoxy groups -OCH3 is 1.